The van der Waals surface area contributed by atoms with Gasteiger partial charge in [-0.15, -0.1) is 0 Å². The van der Waals surface area contributed by atoms with Crippen molar-refractivity contribution in [1.29, 1.82) is 0 Å². The largest absolute Gasteiger partial charge is 0.398 e. The van der Waals surface area contributed by atoms with Crippen molar-refractivity contribution in [3.8, 4) is 0 Å². The Kier molecular flexibility index (Phi) is 3.64. The number of hydrogen-bond acceptors (Lipinski definition) is 3. The molecule has 3 nitrogen and oxygen atoms in total. The van der Waals surface area contributed by atoms with Crippen LogP contribution in [0, 0.1) is 0 Å². The fourth-order valence-electron chi connectivity index (χ4n) is 2.28. The van der Waals surface area contributed by atoms with Crippen LogP contribution in [0.1, 0.15) is 31.2 Å². The van der Waals surface area contributed by atoms with Gasteiger partial charge in [-0.1, -0.05) is 24.4 Å². The molecule has 1 aromatic rings. The first-order valence-electron chi connectivity index (χ1n) is 5.74. The van der Waals surface area contributed by atoms with Crippen LogP contribution in [0.2, 0.25) is 5.02 Å². The van der Waals surface area contributed by atoms with Crippen LogP contribution < -0.4 is 5.73 Å². The number of anilines is 1. The molecule has 17 heavy (non-hydrogen) atoms. The predicted molar refractivity (Wildman–Crippen MR) is 70.7 cm³/mol. The van der Waals surface area contributed by atoms with Gasteiger partial charge in [0.15, 0.2) is 9.84 Å². The summed E-state index contributed by atoms with van der Waals surface area (Å²) in [7, 11) is -3.09. The Morgan fingerprint density at radius 2 is 1.94 bits per heavy atom. The maximum atomic E-state index is 12.2. The third kappa shape index (κ3) is 2.93. The van der Waals surface area contributed by atoms with Gasteiger partial charge in [0.1, 0.15) is 0 Å². The minimum absolute atomic E-state index is 0.00403. The van der Waals surface area contributed by atoms with Gasteiger partial charge >= 0.3 is 0 Å². The van der Waals surface area contributed by atoms with Gasteiger partial charge in [-0.2, -0.15) is 0 Å². The molecule has 94 valence electrons. The summed E-state index contributed by atoms with van der Waals surface area (Å²) in [6, 6.07) is 4.97. The summed E-state index contributed by atoms with van der Waals surface area (Å²) in [4.78, 5) is 0. The molecule has 0 aromatic heterocycles. The normalized spacial score (nSPS) is 17.5. The molecule has 5 heteroatoms. The Morgan fingerprint density at radius 1 is 1.29 bits per heavy atom. The highest BCUT2D eigenvalue weighted by molar-refractivity contribution is 7.91. The van der Waals surface area contributed by atoms with Crippen molar-refractivity contribution in [2.24, 2.45) is 0 Å². The van der Waals surface area contributed by atoms with E-state index in [1.165, 1.54) is 0 Å². The predicted octanol–water partition coefficient (Wildman–Crippen LogP) is 2.78. The number of benzene rings is 1. The van der Waals surface area contributed by atoms with E-state index in [1.54, 1.807) is 18.2 Å². The van der Waals surface area contributed by atoms with E-state index in [2.05, 4.69) is 0 Å². The van der Waals surface area contributed by atoms with E-state index in [0.29, 0.717) is 16.3 Å². The summed E-state index contributed by atoms with van der Waals surface area (Å²) >= 11 is 5.85. The second kappa shape index (κ2) is 4.86. The average molecular weight is 274 g/mol. The van der Waals surface area contributed by atoms with E-state index in [-0.39, 0.29) is 11.0 Å². The molecule has 0 bridgehead atoms. The van der Waals surface area contributed by atoms with Crippen LogP contribution in [0.15, 0.2) is 18.2 Å². The molecule has 1 aliphatic carbocycles. The smallest absolute Gasteiger partial charge is 0.157 e. The molecular formula is C12H16ClNO2S. The molecular weight excluding hydrogens is 258 g/mol. The molecule has 0 unspecified atom stereocenters. The molecule has 1 fully saturated rings. The minimum atomic E-state index is -3.09. The summed E-state index contributed by atoms with van der Waals surface area (Å²) in [6.45, 7) is 0. The van der Waals surface area contributed by atoms with E-state index < -0.39 is 9.84 Å². The van der Waals surface area contributed by atoms with Gasteiger partial charge in [0.05, 0.1) is 11.0 Å². The van der Waals surface area contributed by atoms with E-state index in [0.717, 1.165) is 25.7 Å². The number of hydrogen-bond donors (Lipinski definition) is 1. The van der Waals surface area contributed by atoms with Gasteiger partial charge in [-0.25, -0.2) is 8.42 Å². The zero-order valence-electron chi connectivity index (χ0n) is 9.52. The van der Waals surface area contributed by atoms with Crippen LogP contribution in [0.3, 0.4) is 0 Å². The summed E-state index contributed by atoms with van der Waals surface area (Å²) < 4.78 is 24.3. The first-order valence-corrected chi connectivity index (χ1v) is 7.84. The van der Waals surface area contributed by atoms with Crippen molar-refractivity contribution in [1.82, 2.24) is 0 Å². The van der Waals surface area contributed by atoms with Crippen LogP contribution in [-0.4, -0.2) is 13.7 Å². The standard InChI is InChI=1S/C12H16ClNO2S/c13-10-5-6-12(14)9(7-10)8-17(15,16)11-3-1-2-4-11/h5-7,11H,1-4,8,14H2. The first kappa shape index (κ1) is 12.7. The van der Waals surface area contributed by atoms with Crippen molar-refractivity contribution in [2.75, 3.05) is 5.73 Å². The van der Waals surface area contributed by atoms with Gasteiger partial charge < -0.3 is 5.73 Å². The van der Waals surface area contributed by atoms with Gasteiger partial charge in [0.25, 0.3) is 0 Å². The molecule has 2 N–H and O–H groups in total. The number of rotatable bonds is 3. The Balaban J connectivity index is 2.22. The molecule has 0 aliphatic heterocycles. The molecule has 0 spiro atoms. The maximum absolute atomic E-state index is 12.2. The monoisotopic (exact) mass is 273 g/mol. The summed E-state index contributed by atoms with van der Waals surface area (Å²) in [5, 5.41) is 0.330. The van der Waals surface area contributed by atoms with E-state index in [4.69, 9.17) is 17.3 Å². The lowest BCUT2D eigenvalue weighted by molar-refractivity contribution is 0.579. The molecule has 0 amide bonds. The second-order valence-corrected chi connectivity index (χ2v) is 7.27. The Hall–Kier alpha value is -0.740. The highest BCUT2D eigenvalue weighted by Gasteiger charge is 2.29. The molecule has 2 rings (SSSR count). The second-order valence-electron chi connectivity index (χ2n) is 4.56. The number of sulfone groups is 1. The lowest BCUT2D eigenvalue weighted by atomic mass is 10.2. The van der Waals surface area contributed by atoms with E-state index in [1.807, 2.05) is 0 Å². The summed E-state index contributed by atoms with van der Waals surface area (Å²) in [5.74, 6) is 0.00403. The average Bonchev–Trinajstić information content (AvgIpc) is 2.77. The van der Waals surface area contributed by atoms with Gasteiger partial charge in [-0.05, 0) is 36.6 Å². The SMILES string of the molecule is Nc1ccc(Cl)cc1CS(=O)(=O)C1CCCC1. The van der Waals surface area contributed by atoms with Gasteiger partial charge in [0, 0.05) is 10.7 Å². The Labute approximate surface area is 107 Å². The fourth-order valence-corrected chi connectivity index (χ4v) is 4.45. The van der Waals surface area contributed by atoms with Crippen molar-refractivity contribution < 1.29 is 8.42 Å². The number of nitrogens with two attached hydrogens (primary N) is 1. The molecule has 1 aromatic carbocycles. The lowest BCUT2D eigenvalue weighted by Gasteiger charge is -2.12. The van der Waals surface area contributed by atoms with E-state index >= 15 is 0 Å². The Morgan fingerprint density at radius 3 is 2.59 bits per heavy atom. The quantitative estimate of drug-likeness (QED) is 0.862. The topological polar surface area (TPSA) is 60.2 Å². The maximum Gasteiger partial charge on any atom is 0.157 e. The third-order valence-corrected chi connectivity index (χ3v) is 5.71. The van der Waals surface area contributed by atoms with Crippen LogP contribution in [0.5, 0.6) is 0 Å². The van der Waals surface area contributed by atoms with Crippen molar-refractivity contribution >= 4 is 27.1 Å². The Bertz CT molecular complexity index is 507. The molecule has 1 saturated carbocycles. The molecule has 0 atom stereocenters. The van der Waals surface area contributed by atoms with Crippen LogP contribution in [0.25, 0.3) is 0 Å². The van der Waals surface area contributed by atoms with Crippen molar-refractivity contribution in [3.05, 3.63) is 28.8 Å². The van der Waals surface area contributed by atoms with Gasteiger partial charge in [-0.3, -0.25) is 0 Å². The zero-order chi connectivity index (χ0) is 12.5. The first-order chi connectivity index (χ1) is 7.99. The molecule has 0 radical (unpaired) electrons. The number of nitrogen functional groups attached to an aromatic ring is 1. The van der Waals surface area contributed by atoms with Crippen molar-refractivity contribution in [2.45, 2.75) is 36.7 Å². The van der Waals surface area contributed by atoms with Crippen LogP contribution >= 0.6 is 11.6 Å². The third-order valence-electron chi connectivity index (χ3n) is 3.27. The molecule has 1 aliphatic rings. The fraction of sp³-hybridized carbons (Fsp3) is 0.500. The van der Waals surface area contributed by atoms with E-state index in [9.17, 15) is 8.42 Å². The van der Waals surface area contributed by atoms with Crippen LogP contribution in [-0.2, 0) is 15.6 Å². The summed E-state index contributed by atoms with van der Waals surface area (Å²) in [6.07, 6.45) is 3.58. The number of halogens is 1. The molecule has 0 saturated heterocycles. The van der Waals surface area contributed by atoms with Crippen molar-refractivity contribution in [3.63, 3.8) is 0 Å². The minimum Gasteiger partial charge on any atom is -0.398 e. The molecule has 0 heterocycles. The van der Waals surface area contributed by atoms with Crippen LogP contribution in [0.4, 0.5) is 5.69 Å². The highest BCUT2D eigenvalue weighted by Crippen LogP contribution is 2.29. The van der Waals surface area contributed by atoms with Gasteiger partial charge in [0.2, 0.25) is 0 Å². The highest BCUT2D eigenvalue weighted by atomic mass is 35.5. The zero-order valence-corrected chi connectivity index (χ0v) is 11.1. The lowest BCUT2D eigenvalue weighted by Crippen LogP contribution is -2.20. The summed E-state index contributed by atoms with van der Waals surface area (Å²) in [5.41, 5.74) is 6.88.